The molecule has 27 heavy (non-hydrogen) atoms. The summed E-state index contributed by atoms with van der Waals surface area (Å²) in [4.78, 5) is 0. The molecule has 0 atom stereocenters. The molecule has 0 aliphatic rings. The van der Waals surface area contributed by atoms with E-state index in [1.165, 1.54) is 6.07 Å². The van der Waals surface area contributed by atoms with E-state index in [4.69, 9.17) is 4.43 Å². The summed E-state index contributed by atoms with van der Waals surface area (Å²) >= 11 is 0. The number of rotatable bonds is 7. The first-order valence-electron chi connectivity index (χ1n) is 8.72. The molecule has 0 unspecified atom stereocenters. The molecule has 2 aromatic rings. The second-order valence-corrected chi connectivity index (χ2v) is 12.6. The van der Waals surface area contributed by atoms with Gasteiger partial charge in [0.2, 0.25) is 0 Å². The minimum atomic E-state index is -5.82. The topological polar surface area (TPSA) is 52.6 Å². The summed E-state index contributed by atoms with van der Waals surface area (Å²) in [6.07, 6.45) is 0. The van der Waals surface area contributed by atoms with Crippen LogP contribution in [0.15, 0.2) is 30.3 Å². The Morgan fingerprint density at radius 2 is 1.56 bits per heavy atom. The maximum atomic E-state index is 12.9. The highest BCUT2D eigenvalue weighted by atomic mass is 32.2. The van der Waals surface area contributed by atoms with Gasteiger partial charge >= 0.3 is 15.6 Å². The molecule has 0 amide bonds. The van der Waals surface area contributed by atoms with Gasteiger partial charge in [0.15, 0.2) is 11.5 Å². The highest BCUT2D eigenvalue weighted by Gasteiger charge is 2.49. The molecule has 0 aromatic heterocycles. The van der Waals surface area contributed by atoms with Gasteiger partial charge in [-0.2, -0.15) is 21.6 Å². The van der Waals surface area contributed by atoms with E-state index >= 15 is 0 Å². The SMILES string of the molecule is CC[Si](CC)(CC)Oc1c(C)cc2ccccc2c1OS(=O)(=O)C(F)(F)F. The van der Waals surface area contributed by atoms with Crippen LogP contribution in [-0.2, 0) is 10.1 Å². The van der Waals surface area contributed by atoms with Crippen molar-refractivity contribution in [3.05, 3.63) is 35.9 Å². The lowest BCUT2D eigenvalue weighted by Gasteiger charge is -2.31. The lowest BCUT2D eigenvalue weighted by molar-refractivity contribution is -0.0499. The fourth-order valence-corrected chi connectivity index (χ4v) is 6.08. The zero-order chi connectivity index (χ0) is 20.5. The van der Waals surface area contributed by atoms with Gasteiger partial charge < -0.3 is 8.61 Å². The van der Waals surface area contributed by atoms with Crippen LogP contribution in [0.4, 0.5) is 13.2 Å². The van der Waals surface area contributed by atoms with Crippen LogP contribution in [0.2, 0.25) is 18.1 Å². The predicted molar refractivity (Wildman–Crippen MR) is 102 cm³/mol. The molecule has 2 rings (SSSR count). The Morgan fingerprint density at radius 3 is 2.07 bits per heavy atom. The number of alkyl halides is 3. The van der Waals surface area contributed by atoms with E-state index in [0.717, 1.165) is 18.1 Å². The van der Waals surface area contributed by atoms with Gasteiger partial charge in [-0.1, -0.05) is 45.0 Å². The summed E-state index contributed by atoms with van der Waals surface area (Å²) in [7, 11) is -8.11. The monoisotopic (exact) mass is 420 g/mol. The number of benzene rings is 2. The first-order valence-corrected chi connectivity index (χ1v) is 12.7. The lowest BCUT2D eigenvalue weighted by Crippen LogP contribution is -2.39. The van der Waals surface area contributed by atoms with Gasteiger partial charge in [0.1, 0.15) is 0 Å². The van der Waals surface area contributed by atoms with Crippen molar-refractivity contribution in [1.82, 2.24) is 0 Å². The first kappa shape index (κ1) is 21.6. The van der Waals surface area contributed by atoms with E-state index in [9.17, 15) is 21.6 Å². The van der Waals surface area contributed by atoms with Crippen LogP contribution < -0.4 is 8.61 Å². The summed E-state index contributed by atoms with van der Waals surface area (Å²) in [6.45, 7) is 7.60. The minimum Gasteiger partial charge on any atom is -0.541 e. The quantitative estimate of drug-likeness (QED) is 0.325. The van der Waals surface area contributed by atoms with Gasteiger partial charge in [0, 0.05) is 5.39 Å². The molecule has 0 aliphatic heterocycles. The van der Waals surface area contributed by atoms with E-state index in [1.54, 1.807) is 31.2 Å². The van der Waals surface area contributed by atoms with Crippen LogP contribution in [0.5, 0.6) is 11.5 Å². The van der Waals surface area contributed by atoms with Crippen molar-refractivity contribution in [1.29, 1.82) is 0 Å². The highest BCUT2D eigenvalue weighted by Crippen LogP contribution is 2.43. The molecule has 0 saturated carbocycles. The molecule has 0 aliphatic carbocycles. The molecule has 0 spiro atoms. The third-order valence-electron chi connectivity index (χ3n) is 4.87. The molecule has 0 heterocycles. The van der Waals surface area contributed by atoms with Crippen LogP contribution in [0.25, 0.3) is 10.8 Å². The van der Waals surface area contributed by atoms with Gasteiger partial charge in [-0.3, -0.25) is 0 Å². The molecule has 0 radical (unpaired) electrons. The second kappa shape index (κ2) is 7.71. The standard InChI is InChI=1S/C18H23F3O4SSi/c1-5-27(6-2,7-3)25-16-13(4)12-14-10-8-9-11-15(14)17(16)24-26(22,23)18(19,20)21/h8-12H,5-7H2,1-4H3. The number of hydrogen-bond acceptors (Lipinski definition) is 4. The Bertz CT molecular complexity index is 914. The van der Waals surface area contributed by atoms with Crippen LogP contribution in [-0.4, -0.2) is 22.2 Å². The normalized spacial score (nSPS) is 13.0. The van der Waals surface area contributed by atoms with Crippen molar-refractivity contribution >= 4 is 29.2 Å². The zero-order valence-corrected chi connectivity index (χ0v) is 17.5. The Balaban J connectivity index is 2.75. The number of halogens is 3. The maximum absolute atomic E-state index is 12.9. The van der Waals surface area contributed by atoms with Gasteiger partial charge in [0.05, 0.1) is 0 Å². The van der Waals surface area contributed by atoms with Gasteiger partial charge in [-0.15, -0.1) is 0 Å². The summed E-state index contributed by atoms with van der Waals surface area (Å²) in [5.74, 6) is -0.311. The van der Waals surface area contributed by atoms with Crippen LogP contribution in [0.1, 0.15) is 26.3 Å². The fraction of sp³-hybridized carbons (Fsp3) is 0.444. The predicted octanol–water partition coefficient (Wildman–Crippen LogP) is 5.76. The van der Waals surface area contributed by atoms with E-state index < -0.39 is 29.7 Å². The van der Waals surface area contributed by atoms with E-state index in [0.29, 0.717) is 10.9 Å². The molecule has 0 bridgehead atoms. The van der Waals surface area contributed by atoms with Crippen molar-refractivity contribution in [2.75, 3.05) is 0 Å². The number of hydrogen-bond donors (Lipinski definition) is 0. The molecule has 9 heteroatoms. The summed E-state index contributed by atoms with van der Waals surface area (Å²) < 4.78 is 73.1. The minimum absolute atomic E-state index is 0.0822. The van der Waals surface area contributed by atoms with Crippen LogP contribution >= 0.6 is 0 Å². The molecule has 2 aromatic carbocycles. The Labute approximate surface area is 158 Å². The molecule has 0 N–H and O–H groups in total. The lowest BCUT2D eigenvalue weighted by atomic mass is 10.1. The van der Waals surface area contributed by atoms with E-state index in [1.807, 2.05) is 20.8 Å². The number of fused-ring (bicyclic) bond motifs is 1. The Hall–Kier alpha value is -1.74. The molecule has 150 valence electrons. The molecule has 0 fully saturated rings. The molecule has 4 nitrogen and oxygen atoms in total. The maximum Gasteiger partial charge on any atom is 0.534 e. The Kier molecular flexibility index (Phi) is 6.15. The van der Waals surface area contributed by atoms with Crippen molar-refractivity contribution < 1.29 is 30.2 Å². The van der Waals surface area contributed by atoms with Crippen LogP contribution in [0, 0.1) is 6.92 Å². The summed E-state index contributed by atoms with van der Waals surface area (Å²) in [6, 6.07) is 10.5. The molecular weight excluding hydrogens is 397 g/mol. The number of aryl methyl sites for hydroxylation is 1. The third kappa shape index (κ3) is 4.24. The van der Waals surface area contributed by atoms with Crippen LogP contribution in [0.3, 0.4) is 0 Å². The smallest absolute Gasteiger partial charge is 0.534 e. The molecular formula is C18H23F3O4SSi. The van der Waals surface area contributed by atoms with E-state index in [-0.39, 0.29) is 11.1 Å². The highest BCUT2D eigenvalue weighted by molar-refractivity contribution is 7.88. The Morgan fingerprint density at radius 1 is 1.00 bits per heavy atom. The second-order valence-electron chi connectivity index (χ2n) is 6.40. The molecule has 0 saturated heterocycles. The van der Waals surface area contributed by atoms with Crippen molar-refractivity contribution in [2.45, 2.75) is 51.3 Å². The van der Waals surface area contributed by atoms with E-state index in [2.05, 4.69) is 4.18 Å². The average Bonchev–Trinajstić information content (AvgIpc) is 2.61. The fourth-order valence-electron chi connectivity index (χ4n) is 2.98. The summed E-state index contributed by atoms with van der Waals surface area (Å²) in [5, 5.41) is 0.837. The van der Waals surface area contributed by atoms with Gasteiger partial charge in [0.25, 0.3) is 8.32 Å². The zero-order valence-electron chi connectivity index (χ0n) is 15.7. The van der Waals surface area contributed by atoms with Gasteiger partial charge in [-0.25, -0.2) is 0 Å². The van der Waals surface area contributed by atoms with Crippen molar-refractivity contribution in [3.63, 3.8) is 0 Å². The average molecular weight is 421 g/mol. The van der Waals surface area contributed by atoms with Crippen molar-refractivity contribution in [2.24, 2.45) is 0 Å². The van der Waals surface area contributed by atoms with Crippen molar-refractivity contribution in [3.8, 4) is 11.5 Å². The third-order valence-corrected chi connectivity index (χ3v) is 10.3. The van der Waals surface area contributed by atoms with Gasteiger partial charge in [-0.05, 0) is 42.1 Å². The summed E-state index contributed by atoms with van der Waals surface area (Å²) in [5.41, 5.74) is -4.99. The first-order chi connectivity index (χ1) is 12.5. The largest absolute Gasteiger partial charge is 0.541 e.